The van der Waals surface area contributed by atoms with Crippen LogP contribution in [0, 0.1) is 5.92 Å². The van der Waals surface area contributed by atoms with Crippen LogP contribution in [0.1, 0.15) is 82.4 Å². The second-order valence-corrected chi connectivity index (χ2v) is 7.77. The number of rotatable bonds is 12. The minimum Gasteiger partial charge on any atom is -0.489 e. The van der Waals surface area contributed by atoms with Gasteiger partial charge >= 0.3 is 0 Å². The number of hydrogen-bond donors (Lipinski definition) is 0. The van der Waals surface area contributed by atoms with Gasteiger partial charge in [-0.1, -0.05) is 71.2 Å². The second kappa shape index (κ2) is 12.4. The Kier molecular flexibility index (Phi) is 9.82. The monoisotopic (exact) mass is 379 g/mol. The molecule has 0 aliphatic heterocycles. The van der Waals surface area contributed by atoms with Gasteiger partial charge in [0.15, 0.2) is 0 Å². The molecule has 0 aliphatic carbocycles. The van der Waals surface area contributed by atoms with E-state index in [4.69, 9.17) is 4.74 Å². The lowest BCUT2D eigenvalue weighted by atomic mass is 9.82. The predicted octanol–water partition coefficient (Wildman–Crippen LogP) is 7.41. The van der Waals surface area contributed by atoms with E-state index in [0.717, 1.165) is 30.2 Å². The van der Waals surface area contributed by atoms with Crippen LogP contribution in [0.4, 0.5) is 0 Å². The molecule has 2 unspecified atom stereocenters. The number of nitrogens with zero attached hydrogens (tertiary/aromatic N) is 1. The zero-order valence-electron chi connectivity index (χ0n) is 18.2. The molecule has 0 N–H and O–H groups in total. The molecule has 2 atom stereocenters. The molecule has 2 aromatic rings. The van der Waals surface area contributed by atoms with E-state index in [1.807, 2.05) is 18.3 Å². The molecule has 152 valence electrons. The molecule has 0 bridgehead atoms. The van der Waals surface area contributed by atoms with Gasteiger partial charge < -0.3 is 4.74 Å². The van der Waals surface area contributed by atoms with E-state index in [0.29, 0.717) is 12.5 Å². The van der Waals surface area contributed by atoms with Crippen molar-refractivity contribution in [1.82, 2.24) is 0 Å². The molecular weight excluding hydrogens is 342 g/mol. The lowest BCUT2D eigenvalue weighted by molar-refractivity contribution is 0.306. The predicted molar refractivity (Wildman–Crippen MR) is 122 cm³/mol. The largest absolute Gasteiger partial charge is 0.489 e. The van der Waals surface area contributed by atoms with Crippen LogP contribution in [-0.4, -0.2) is 12.8 Å². The number of benzene rings is 2. The van der Waals surface area contributed by atoms with Crippen LogP contribution in [0.15, 0.2) is 53.5 Å². The molecule has 0 spiro atoms. The van der Waals surface area contributed by atoms with E-state index in [1.165, 1.54) is 36.8 Å². The summed E-state index contributed by atoms with van der Waals surface area (Å²) in [6.07, 6.45) is 8.00. The van der Waals surface area contributed by atoms with Crippen molar-refractivity contribution < 1.29 is 4.74 Å². The molecule has 0 heterocycles. The Morgan fingerprint density at radius 3 is 2.25 bits per heavy atom. The zero-order chi connectivity index (χ0) is 20.2. The Labute approximate surface area is 172 Å². The topological polar surface area (TPSA) is 21.6 Å². The van der Waals surface area contributed by atoms with Gasteiger partial charge in [-0.2, -0.15) is 0 Å². The van der Waals surface area contributed by atoms with E-state index in [-0.39, 0.29) is 0 Å². The van der Waals surface area contributed by atoms with Gasteiger partial charge in [-0.05, 0) is 65.6 Å². The molecule has 0 amide bonds. The molecule has 0 fully saturated rings. The fourth-order valence-corrected chi connectivity index (χ4v) is 3.47. The molecule has 0 saturated heterocycles. The molecule has 0 saturated carbocycles. The molecule has 2 rings (SSSR count). The van der Waals surface area contributed by atoms with Crippen molar-refractivity contribution in [3.05, 3.63) is 65.2 Å². The third-order valence-electron chi connectivity index (χ3n) is 5.51. The van der Waals surface area contributed by atoms with Gasteiger partial charge in [0.05, 0.1) is 0 Å². The first kappa shape index (κ1) is 22.2. The van der Waals surface area contributed by atoms with Crippen molar-refractivity contribution in [2.24, 2.45) is 10.9 Å². The van der Waals surface area contributed by atoms with Crippen LogP contribution in [0.2, 0.25) is 0 Å². The summed E-state index contributed by atoms with van der Waals surface area (Å²) in [6, 6.07) is 17.2. The Morgan fingerprint density at radius 1 is 0.929 bits per heavy atom. The minimum atomic E-state index is 0.603. The van der Waals surface area contributed by atoms with Crippen molar-refractivity contribution >= 4 is 6.21 Å². The highest BCUT2D eigenvalue weighted by atomic mass is 16.5. The molecule has 0 radical (unpaired) electrons. The summed E-state index contributed by atoms with van der Waals surface area (Å²) < 4.78 is 5.96. The van der Waals surface area contributed by atoms with Crippen molar-refractivity contribution in [2.75, 3.05) is 6.54 Å². The van der Waals surface area contributed by atoms with Crippen molar-refractivity contribution in [3.63, 3.8) is 0 Å². The fourth-order valence-electron chi connectivity index (χ4n) is 3.47. The maximum atomic E-state index is 5.96. The lowest BCUT2D eigenvalue weighted by Crippen LogP contribution is -2.09. The van der Waals surface area contributed by atoms with Gasteiger partial charge in [0, 0.05) is 12.8 Å². The summed E-state index contributed by atoms with van der Waals surface area (Å²) in [4.78, 5) is 4.44. The Hall–Kier alpha value is -2.09. The lowest BCUT2D eigenvalue weighted by Gasteiger charge is -2.23. The minimum absolute atomic E-state index is 0.603. The SMILES string of the molecule is CCCC/N=C\c1ccc(OCc2ccc(C(CCC)C(C)CC)cc2)cc1. The van der Waals surface area contributed by atoms with E-state index >= 15 is 0 Å². The van der Waals surface area contributed by atoms with Gasteiger partial charge in [-0.15, -0.1) is 0 Å². The molecule has 2 aromatic carbocycles. The smallest absolute Gasteiger partial charge is 0.119 e. The Morgan fingerprint density at radius 2 is 1.64 bits per heavy atom. The Bertz CT molecular complexity index is 687. The van der Waals surface area contributed by atoms with Crippen LogP contribution >= 0.6 is 0 Å². The quantitative estimate of drug-likeness (QED) is 0.278. The summed E-state index contributed by atoms with van der Waals surface area (Å²) >= 11 is 0. The summed E-state index contributed by atoms with van der Waals surface area (Å²) in [5.74, 6) is 2.29. The highest BCUT2D eigenvalue weighted by Gasteiger charge is 2.16. The number of aliphatic imine (C=N–C) groups is 1. The first-order valence-corrected chi connectivity index (χ1v) is 11.0. The summed E-state index contributed by atoms with van der Waals surface area (Å²) in [6.45, 7) is 10.6. The van der Waals surface area contributed by atoms with E-state index < -0.39 is 0 Å². The highest BCUT2D eigenvalue weighted by Crippen LogP contribution is 2.31. The number of unbranched alkanes of at least 4 members (excludes halogenated alkanes) is 1. The van der Waals surface area contributed by atoms with Crippen LogP contribution in [-0.2, 0) is 6.61 Å². The Balaban J connectivity index is 1.89. The number of ether oxygens (including phenoxy) is 1. The molecule has 0 aromatic heterocycles. The first-order chi connectivity index (χ1) is 13.7. The van der Waals surface area contributed by atoms with Crippen molar-refractivity contribution in [1.29, 1.82) is 0 Å². The van der Waals surface area contributed by atoms with Crippen LogP contribution in [0.25, 0.3) is 0 Å². The molecule has 0 aliphatic rings. The summed E-state index contributed by atoms with van der Waals surface area (Å²) in [5.41, 5.74) is 3.81. The van der Waals surface area contributed by atoms with Crippen LogP contribution in [0.5, 0.6) is 5.75 Å². The maximum Gasteiger partial charge on any atom is 0.119 e. The average Bonchev–Trinajstić information content (AvgIpc) is 2.74. The third-order valence-corrected chi connectivity index (χ3v) is 5.51. The summed E-state index contributed by atoms with van der Waals surface area (Å²) in [5, 5.41) is 0. The van der Waals surface area contributed by atoms with Crippen molar-refractivity contribution in [2.45, 2.75) is 72.3 Å². The van der Waals surface area contributed by atoms with E-state index in [2.05, 4.69) is 69.1 Å². The fraction of sp³-hybridized carbons (Fsp3) is 0.500. The molecule has 28 heavy (non-hydrogen) atoms. The maximum absolute atomic E-state index is 5.96. The number of hydrogen-bond acceptors (Lipinski definition) is 2. The van der Waals surface area contributed by atoms with E-state index in [9.17, 15) is 0 Å². The zero-order valence-corrected chi connectivity index (χ0v) is 18.2. The van der Waals surface area contributed by atoms with Gasteiger partial charge in [0.2, 0.25) is 0 Å². The standard InChI is InChI=1S/C26H37NO/c1-5-8-18-27-19-22-12-16-25(17-13-22)28-20-23-10-14-24(15-11-23)26(9-6-2)21(4)7-3/h10-17,19,21,26H,5-9,18,20H2,1-4H3/b27-19-. The van der Waals surface area contributed by atoms with Crippen LogP contribution < -0.4 is 4.74 Å². The molecule has 2 nitrogen and oxygen atoms in total. The third kappa shape index (κ3) is 7.14. The normalized spacial score (nSPS) is 13.6. The first-order valence-electron chi connectivity index (χ1n) is 11.0. The van der Waals surface area contributed by atoms with Gasteiger partial charge in [0.25, 0.3) is 0 Å². The van der Waals surface area contributed by atoms with Crippen molar-refractivity contribution in [3.8, 4) is 5.75 Å². The van der Waals surface area contributed by atoms with Crippen LogP contribution in [0.3, 0.4) is 0 Å². The highest BCUT2D eigenvalue weighted by molar-refractivity contribution is 5.79. The average molecular weight is 380 g/mol. The molecular formula is C26H37NO. The molecule has 2 heteroatoms. The second-order valence-electron chi connectivity index (χ2n) is 7.77. The van der Waals surface area contributed by atoms with Gasteiger partial charge in [-0.3, -0.25) is 4.99 Å². The van der Waals surface area contributed by atoms with E-state index in [1.54, 1.807) is 0 Å². The van der Waals surface area contributed by atoms with Gasteiger partial charge in [0.1, 0.15) is 12.4 Å². The van der Waals surface area contributed by atoms with Gasteiger partial charge in [-0.25, -0.2) is 0 Å². The summed E-state index contributed by atoms with van der Waals surface area (Å²) in [7, 11) is 0.